The lowest BCUT2D eigenvalue weighted by atomic mass is 10.2. The normalized spacial score (nSPS) is 9.71. The number of nitrogens with one attached hydrogen (secondary N) is 2. The third kappa shape index (κ3) is 3.08. The van der Waals surface area contributed by atoms with Gasteiger partial charge in [0, 0.05) is 30.8 Å². The molecule has 0 spiro atoms. The molecule has 4 nitrogen and oxygen atoms in total. The van der Waals surface area contributed by atoms with Gasteiger partial charge < -0.3 is 5.32 Å². The van der Waals surface area contributed by atoms with Gasteiger partial charge >= 0.3 is 0 Å². The van der Waals surface area contributed by atoms with E-state index >= 15 is 0 Å². The highest BCUT2D eigenvalue weighted by Crippen LogP contribution is 2.11. The van der Waals surface area contributed by atoms with Gasteiger partial charge in [0.15, 0.2) is 0 Å². The third-order valence-corrected chi connectivity index (χ3v) is 2.30. The van der Waals surface area contributed by atoms with E-state index < -0.39 is 0 Å². The molecule has 4 heteroatoms. The summed E-state index contributed by atoms with van der Waals surface area (Å²) in [6.45, 7) is 2.09. The zero-order chi connectivity index (χ0) is 12.1. The van der Waals surface area contributed by atoms with Gasteiger partial charge in [-0.3, -0.25) is 9.89 Å². The second-order valence-electron chi connectivity index (χ2n) is 3.71. The van der Waals surface area contributed by atoms with Crippen LogP contribution in [0.4, 0.5) is 0 Å². The second-order valence-corrected chi connectivity index (χ2v) is 3.71. The summed E-state index contributed by atoms with van der Waals surface area (Å²) >= 11 is 0. The third-order valence-electron chi connectivity index (χ3n) is 2.30. The van der Waals surface area contributed by atoms with E-state index in [2.05, 4.69) is 27.4 Å². The zero-order valence-corrected chi connectivity index (χ0v) is 9.58. The van der Waals surface area contributed by atoms with E-state index in [1.807, 2.05) is 18.2 Å². The van der Waals surface area contributed by atoms with Gasteiger partial charge in [0.05, 0.1) is 11.7 Å². The smallest absolute Gasteiger partial charge is 0.216 e. The number of hydrogen-bond donors (Lipinski definition) is 2. The number of amides is 1. The minimum Gasteiger partial charge on any atom is -0.355 e. The molecule has 2 rings (SSSR count). The fraction of sp³-hybridized carbons (Fsp3) is 0.231. The van der Waals surface area contributed by atoms with Crippen LogP contribution in [-0.4, -0.2) is 22.6 Å². The molecule has 2 aromatic rings. The van der Waals surface area contributed by atoms with Crippen LogP contribution in [0.2, 0.25) is 0 Å². The predicted molar refractivity (Wildman–Crippen MR) is 66.3 cm³/mol. The Balaban J connectivity index is 1.98. The Kier molecular flexibility index (Phi) is 3.41. The zero-order valence-electron chi connectivity index (χ0n) is 9.58. The molecular weight excluding hydrogens is 214 g/mol. The SMILES string of the molecule is CC(=O)NCCC#Cc1ccc2cn[nH]c2c1. The minimum atomic E-state index is -0.0225. The second kappa shape index (κ2) is 5.17. The minimum absolute atomic E-state index is 0.0225. The molecule has 0 aliphatic heterocycles. The highest BCUT2D eigenvalue weighted by molar-refractivity contribution is 5.79. The van der Waals surface area contributed by atoms with Gasteiger partial charge in [-0.15, -0.1) is 0 Å². The Morgan fingerprint density at radius 1 is 1.53 bits per heavy atom. The summed E-state index contributed by atoms with van der Waals surface area (Å²) < 4.78 is 0. The topological polar surface area (TPSA) is 57.8 Å². The molecule has 1 heterocycles. The predicted octanol–water partition coefficient (Wildman–Crippen LogP) is 1.44. The Labute approximate surface area is 99.4 Å². The number of nitrogens with zero attached hydrogens (tertiary/aromatic N) is 1. The molecule has 0 saturated heterocycles. The first-order valence-corrected chi connectivity index (χ1v) is 5.42. The molecular formula is C13H13N3O. The Morgan fingerprint density at radius 2 is 2.41 bits per heavy atom. The van der Waals surface area contributed by atoms with Crippen LogP contribution < -0.4 is 5.32 Å². The fourth-order valence-electron chi connectivity index (χ4n) is 1.48. The van der Waals surface area contributed by atoms with Gasteiger partial charge in [0.2, 0.25) is 5.91 Å². The van der Waals surface area contributed by atoms with Gasteiger partial charge in [-0.1, -0.05) is 11.8 Å². The molecule has 0 atom stereocenters. The maximum absolute atomic E-state index is 10.6. The van der Waals surface area contributed by atoms with Crippen LogP contribution in [0.3, 0.4) is 0 Å². The van der Waals surface area contributed by atoms with E-state index in [0.717, 1.165) is 16.5 Å². The molecule has 0 bridgehead atoms. The van der Waals surface area contributed by atoms with Crippen molar-refractivity contribution < 1.29 is 4.79 Å². The maximum Gasteiger partial charge on any atom is 0.216 e. The van der Waals surface area contributed by atoms with Crippen LogP contribution in [0.5, 0.6) is 0 Å². The van der Waals surface area contributed by atoms with Gasteiger partial charge in [0.25, 0.3) is 0 Å². The molecule has 0 unspecified atom stereocenters. The molecule has 0 aliphatic carbocycles. The molecule has 17 heavy (non-hydrogen) atoms. The first kappa shape index (κ1) is 11.2. The lowest BCUT2D eigenvalue weighted by Gasteiger charge is -1.95. The van der Waals surface area contributed by atoms with E-state index in [-0.39, 0.29) is 5.91 Å². The Bertz CT molecular complexity index is 589. The van der Waals surface area contributed by atoms with Gasteiger partial charge in [-0.05, 0) is 18.2 Å². The average molecular weight is 227 g/mol. The molecule has 0 saturated carbocycles. The van der Waals surface area contributed by atoms with Crippen LogP contribution >= 0.6 is 0 Å². The van der Waals surface area contributed by atoms with E-state index in [9.17, 15) is 4.79 Å². The van der Waals surface area contributed by atoms with E-state index in [1.54, 1.807) is 6.20 Å². The molecule has 86 valence electrons. The van der Waals surface area contributed by atoms with Crippen molar-refractivity contribution in [2.75, 3.05) is 6.54 Å². The number of rotatable bonds is 2. The van der Waals surface area contributed by atoms with Crippen molar-refractivity contribution in [1.82, 2.24) is 15.5 Å². The monoisotopic (exact) mass is 227 g/mol. The highest BCUT2D eigenvalue weighted by atomic mass is 16.1. The van der Waals surface area contributed by atoms with Crippen LogP contribution in [0.1, 0.15) is 18.9 Å². The summed E-state index contributed by atoms with van der Waals surface area (Å²) in [6.07, 6.45) is 2.43. The largest absolute Gasteiger partial charge is 0.355 e. The molecule has 1 amide bonds. The van der Waals surface area contributed by atoms with Crippen molar-refractivity contribution in [3.63, 3.8) is 0 Å². The lowest BCUT2D eigenvalue weighted by Crippen LogP contribution is -2.20. The first-order valence-electron chi connectivity index (χ1n) is 5.42. The number of H-pyrrole nitrogens is 1. The Hall–Kier alpha value is -2.28. The fourth-order valence-corrected chi connectivity index (χ4v) is 1.48. The summed E-state index contributed by atoms with van der Waals surface area (Å²) in [5.41, 5.74) is 1.93. The number of aromatic amines is 1. The summed E-state index contributed by atoms with van der Waals surface area (Å²) in [6, 6.07) is 5.91. The summed E-state index contributed by atoms with van der Waals surface area (Å²) in [5.74, 6) is 6.04. The Morgan fingerprint density at radius 3 is 3.24 bits per heavy atom. The van der Waals surface area contributed by atoms with Gasteiger partial charge in [-0.25, -0.2) is 0 Å². The lowest BCUT2D eigenvalue weighted by molar-refractivity contribution is -0.118. The van der Waals surface area contributed by atoms with Crippen LogP contribution in [0.15, 0.2) is 24.4 Å². The van der Waals surface area contributed by atoms with Crippen LogP contribution in [0, 0.1) is 11.8 Å². The average Bonchev–Trinajstić information content (AvgIpc) is 2.75. The van der Waals surface area contributed by atoms with Crippen molar-refractivity contribution in [3.05, 3.63) is 30.0 Å². The first-order chi connectivity index (χ1) is 8.25. The van der Waals surface area contributed by atoms with Crippen molar-refractivity contribution in [2.45, 2.75) is 13.3 Å². The quantitative estimate of drug-likeness (QED) is 0.602. The number of carbonyl (C=O) groups excluding carboxylic acids is 1. The van der Waals surface area contributed by atoms with Gasteiger partial charge in [-0.2, -0.15) is 5.10 Å². The van der Waals surface area contributed by atoms with Crippen LogP contribution in [-0.2, 0) is 4.79 Å². The van der Waals surface area contributed by atoms with Crippen molar-refractivity contribution in [2.24, 2.45) is 0 Å². The maximum atomic E-state index is 10.6. The van der Waals surface area contributed by atoms with Crippen molar-refractivity contribution in [3.8, 4) is 11.8 Å². The number of fused-ring (bicyclic) bond motifs is 1. The number of carbonyl (C=O) groups is 1. The van der Waals surface area contributed by atoms with Crippen molar-refractivity contribution in [1.29, 1.82) is 0 Å². The van der Waals surface area contributed by atoms with E-state index in [0.29, 0.717) is 13.0 Å². The molecule has 0 aliphatic rings. The van der Waals surface area contributed by atoms with Crippen molar-refractivity contribution >= 4 is 16.8 Å². The van der Waals surface area contributed by atoms with E-state index in [4.69, 9.17) is 0 Å². The van der Waals surface area contributed by atoms with E-state index in [1.165, 1.54) is 6.92 Å². The van der Waals surface area contributed by atoms with Gasteiger partial charge in [0.1, 0.15) is 0 Å². The number of aromatic nitrogens is 2. The summed E-state index contributed by atoms with van der Waals surface area (Å²) in [7, 11) is 0. The molecule has 0 fully saturated rings. The number of benzene rings is 1. The highest BCUT2D eigenvalue weighted by Gasteiger charge is 1.94. The van der Waals surface area contributed by atoms with Crippen LogP contribution in [0.25, 0.3) is 10.9 Å². The molecule has 1 aromatic heterocycles. The standard InChI is InChI=1S/C13H13N3O/c1-10(17)14-7-3-2-4-11-5-6-12-9-15-16-13(12)8-11/h5-6,8-9H,3,7H2,1H3,(H,14,17)(H,15,16). The molecule has 2 N–H and O–H groups in total. The molecule has 0 radical (unpaired) electrons. The summed E-state index contributed by atoms with van der Waals surface area (Å²) in [4.78, 5) is 10.6. The molecule has 1 aromatic carbocycles. The number of hydrogen-bond acceptors (Lipinski definition) is 2. The summed E-state index contributed by atoms with van der Waals surface area (Å²) in [5, 5.41) is 10.6.